The van der Waals surface area contributed by atoms with Crippen molar-refractivity contribution in [3.05, 3.63) is 25.3 Å². The molecule has 0 fully saturated rings. The van der Waals surface area contributed by atoms with E-state index in [-0.39, 0.29) is 6.10 Å². The molecule has 1 N–H and O–H groups in total. The molecular formula is C12H23NO. The maximum atomic E-state index is 5.66. The summed E-state index contributed by atoms with van der Waals surface area (Å²) in [7, 11) is 0. The molecule has 0 bridgehead atoms. The largest absolute Gasteiger partial charge is 0.376 e. The highest BCUT2D eigenvalue weighted by atomic mass is 16.5. The zero-order valence-electron chi connectivity index (χ0n) is 9.30. The molecule has 82 valence electrons. The van der Waals surface area contributed by atoms with Crippen LogP contribution in [0.1, 0.15) is 26.2 Å². The number of rotatable bonds is 10. The Hall–Kier alpha value is -0.600. The molecule has 0 atom stereocenters. The standard InChI is InChI=1S/C12H23NO/c1-4-7-12(8-5-2)14-11-10-13-9-6-3/h4-5,12-13H,1-2,6-11H2,3H3. The van der Waals surface area contributed by atoms with Crippen molar-refractivity contribution >= 4 is 0 Å². The molecule has 0 unspecified atom stereocenters. The van der Waals surface area contributed by atoms with Gasteiger partial charge in [0.2, 0.25) is 0 Å². The lowest BCUT2D eigenvalue weighted by atomic mass is 10.2. The van der Waals surface area contributed by atoms with Crippen LogP contribution in [0, 0.1) is 0 Å². The zero-order valence-corrected chi connectivity index (χ0v) is 9.30. The van der Waals surface area contributed by atoms with Gasteiger partial charge in [-0.25, -0.2) is 0 Å². The predicted octanol–water partition coefficient (Wildman–Crippen LogP) is 2.52. The van der Waals surface area contributed by atoms with Crippen LogP contribution in [0.15, 0.2) is 25.3 Å². The summed E-state index contributed by atoms with van der Waals surface area (Å²) in [6.07, 6.45) is 7.03. The normalized spacial score (nSPS) is 10.4. The molecule has 0 saturated carbocycles. The molecule has 0 rings (SSSR count). The lowest BCUT2D eigenvalue weighted by Crippen LogP contribution is -2.23. The van der Waals surface area contributed by atoms with E-state index in [4.69, 9.17) is 4.74 Å². The Morgan fingerprint density at radius 2 is 1.86 bits per heavy atom. The highest BCUT2D eigenvalue weighted by Gasteiger charge is 2.03. The lowest BCUT2D eigenvalue weighted by Gasteiger charge is -2.14. The molecule has 0 aliphatic carbocycles. The van der Waals surface area contributed by atoms with Crippen molar-refractivity contribution in [1.29, 1.82) is 0 Å². The van der Waals surface area contributed by atoms with Crippen molar-refractivity contribution in [3.8, 4) is 0 Å². The average molecular weight is 197 g/mol. The first-order valence-corrected chi connectivity index (χ1v) is 5.39. The zero-order chi connectivity index (χ0) is 10.6. The smallest absolute Gasteiger partial charge is 0.0644 e. The number of ether oxygens (including phenoxy) is 1. The Morgan fingerprint density at radius 1 is 1.21 bits per heavy atom. The molecule has 0 amide bonds. The molecule has 0 aromatic heterocycles. The molecular weight excluding hydrogens is 174 g/mol. The maximum absolute atomic E-state index is 5.66. The van der Waals surface area contributed by atoms with Gasteiger partial charge in [-0.05, 0) is 25.8 Å². The number of hydrogen-bond donors (Lipinski definition) is 1. The molecule has 2 heteroatoms. The van der Waals surface area contributed by atoms with Crippen molar-refractivity contribution < 1.29 is 4.74 Å². The van der Waals surface area contributed by atoms with Gasteiger partial charge in [0, 0.05) is 6.54 Å². The third kappa shape index (κ3) is 8.02. The Kier molecular flexibility index (Phi) is 10.0. The van der Waals surface area contributed by atoms with Crippen LogP contribution in [0.4, 0.5) is 0 Å². The maximum Gasteiger partial charge on any atom is 0.0644 e. The summed E-state index contributed by atoms with van der Waals surface area (Å²) in [4.78, 5) is 0. The summed E-state index contributed by atoms with van der Waals surface area (Å²) in [6, 6.07) is 0. The first-order chi connectivity index (χ1) is 6.85. The molecule has 14 heavy (non-hydrogen) atoms. The number of hydrogen-bond acceptors (Lipinski definition) is 2. The minimum atomic E-state index is 0.258. The van der Waals surface area contributed by atoms with Crippen LogP contribution in [0.25, 0.3) is 0 Å². The molecule has 0 aromatic rings. The second-order valence-corrected chi connectivity index (χ2v) is 3.29. The Bertz CT molecular complexity index is 135. The average Bonchev–Trinajstić information content (AvgIpc) is 2.18. The Labute approximate surface area is 88.0 Å². The molecule has 2 nitrogen and oxygen atoms in total. The third-order valence-electron chi connectivity index (χ3n) is 1.92. The minimum absolute atomic E-state index is 0.258. The van der Waals surface area contributed by atoms with E-state index in [2.05, 4.69) is 25.4 Å². The Balaban J connectivity index is 3.39. The summed E-state index contributed by atoms with van der Waals surface area (Å²) in [5, 5.41) is 3.30. The van der Waals surface area contributed by atoms with Gasteiger partial charge in [-0.1, -0.05) is 19.1 Å². The van der Waals surface area contributed by atoms with Crippen LogP contribution in [0.5, 0.6) is 0 Å². The van der Waals surface area contributed by atoms with Gasteiger partial charge in [-0.3, -0.25) is 0 Å². The monoisotopic (exact) mass is 197 g/mol. The minimum Gasteiger partial charge on any atom is -0.376 e. The van der Waals surface area contributed by atoms with E-state index in [9.17, 15) is 0 Å². The lowest BCUT2D eigenvalue weighted by molar-refractivity contribution is 0.0595. The van der Waals surface area contributed by atoms with E-state index in [1.165, 1.54) is 6.42 Å². The summed E-state index contributed by atoms with van der Waals surface area (Å²) < 4.78 is 5.66. The van der Waals surface area contributed by atoms with Gasteiger partial charge in [-0.2, -0.15) is 0 Å². The third-order valence-corrected chi connectivity index (χ3v) is 1.92. The molecule has 0 aliphatic heterocycles. The second kappa shape index (κ2) is 10.5. The van der Waals surface area contributed by atoms with Crippen LogP contribution in [-0.2, 0) is 4.74 Å². The van der Waals surface area contributed by atoms with Gasteiger partial charge in [0.1, 0.15) is 0 Å². The molecule has 0 aliphatic rings. The van der Waals surface area contributed by atoms with Gasteiger partial charge >= 0.3 is 0 Å². The summed E-state index contributed by atoms with van der Waals surface area (Å²) in [6.45, 7) is 12.3. The van der Waals surface area contributed by atoms with Crippen LogP contribution < -0.4 is 5.32 Å². The fraction of sp³-hybridized carbons (Fsp3) is 0.667. The van der Waals surface area contributed by atoms with Crippen molar-refractivity contribution in [3.63, 3.8) is 0 Å². The Morgan fingerprint density at radius 3 is 2.36 bits per heavy atom. The van der Waals surface area contributed by atoms with E-state index in [1.54, 1.807) is 0 Å². The molecule has 0 radical (unpaired) electrons. The molecule has 0 spiro atoms. The molecule has 0 heterocycles. The first-order valence-electron chi connectivity index (χ1n) is 5.39. The van der Waals surface area contributed by atoms with Crippen LogP contribution in [0.3, 0.4) is 0 Å². The van der Waals surface area contributed by atoms with Crippen molar-refractivity contribution in [2.75, 3.05) is 19.7 Å². The van der Waals surface area contributed by atoms with Crippen LogP contribution in [0.2, 0.25) is 0 Å². The predicted molar refractivity (Wildman–Crippen MR) is 62.5 cm³/mol. The van der Waals surface area contributed by atoms with Gasteiger partial charge in [-0.15, -0.1) is 13.2 Å². The van der Waals surface area contributed by atoms with Gasteiger partial charge in [0.25, 0.3) is 0 Å². The fourth-order valence-electron chi connectivity index (χ4n) is 1.20. The highest BCUT2D eigenvalue weighted by Crippen LogP contribution is 2.04. The molecule has 0 aromatic carbocycles. The first kappa shape index (κ1) is 13.4. The quantitative estimate of drug-likeness (QED) is 0.429. The fourth-order valence-corrected chi connectivity index (χ4v) is 1.20. The number of nitrogens with one attached hydrogen (secondary N) is 1. The van der Waals surface area contributed by atoms with Gasteiger partial charge in [0.05, 0.1) is 12.7 Å². The van der Waals surface area contributed by atoms with Gasteiger partial charge < -0.3 is 10.1 Å². The topological polar surface area (TPSA) is 21.3 Å². The SMILES string of the molecule is C=CCC(CC=C)OCCNCCC. The van der Waals surface area contributed by atoms with Crippen molar-refractivity contribution in [1.82, 2.24) is 5.32 Å². The van der Waals surface area contributed by atoms with Crippen LogP contribution in [-0.4, -0.2) is 25.8 Å². The second-order valence-electron chi connectivity index (χ2n) is 3.29. The van der Waals surface area contributed by atoms with Crippen molar-refractivity contribution in [2.45, 2.75) is 32.3 Å². The van der Waals surface area contributed by atoms with E-state index in [0.717, 1.165) is 32.5 Å². The van der Waals surface area contributed by atoms with Crippen LogP contribution >= 0.6 is 0 Å². The van der Waals surface area contributed by atoms with E-state index < -0.39 is 0 Å². The summed E-state index contributed by atoms with van der Waals surface area (Å²) >= 11 is 0. The van der Waals surface area contributed by atoms with Gasteiger partial charge in [0.15, 0.2) is 0 Å². The summed E-state index contributed by atoms with van der Waals surface area (Å²) in [5.41, 5.74) is 0. The van der Waals surface area contributed by atoms with E-state index in [0.29, 0.717) is 0 Å². The summed E-state index contributed by atoms with van der Waals surface area (Å²) in [5.74, 6) is 0. The van der Waals surface area contributed by atoms with E-state index >= 15 is 0 Å². The van der Waals surface area contributed by atoms with E-state index in [1.807, 2.05) is 12.2 Å². The molecule has 0 saturated heterocycles. The van der Waals surface area contributed by atoms with Crippen molar-refractivity contribution in [2.24, 2.45) is 0 Å². The highest BCUT2D eigenvalue weighted by molar-refractivity contribution is 4.80.